The molecule has 2 saturated heterocycles. The van der Waals surface area contributed by atoms with Crippen molar-refractivity contribution in [1.29, 1.82) is 0 Å². The molecular weight excluding hydrogens is 570 g/mol. The number of hydrazine groups is 1. The number of likely N-dealkylation sites (tertiary alicyclic amines) is 1. The zero-order valence-corrected chi connectivity index (χ0v) is 24.0. The van der Waals surface area contributed by atoms with E-state index in [0.717, 1.165) is 11.4 Å². The van der Waals surface area contributed by atoms with E-state index in [2.05, 4.69) is 5.32 Å². The van der Waals surface area contributed by atoms with Gasteiger partial charge in [0.1, 0.15) is 11.9 Å². The summed E-state index contributed by atoms with van der Waals surface area (Å²) in [6, 6.07) is 4.61. The first-order chi connectivity index (χ1) is 18.9. The van der Waals surface area contributed by atoms with E-state index in [-0.39, 0.29) is 25.3 Å². The van der Waals surface area contributed by atoms with Gasteiger partial charge in [0.25, 0.3) is 21.7 Å². The molecular formula is C23H33N5O10S2. The lowest BCUT2D eigenvalue weighted by Gasteiger charge is -2.38. The first-order valence-corrected chi connectivity index (χ1v) is 15.4. The fraction of sp³-hybridized carbons (Fsp3) is 0.609. The number of nitro groups is 1. The summed E-state index contributed by atoms with van der Waals surface area (Å²) < 4.78 is 34.4. The zero-order chi connectivity index (χ0) is 29.4. The molecule has 222 valence electrons. The van der Waals surface area contributed by atoms with E-state index < -0.39 is 50.4 Å². The molecule has 3 rings (SSSR count). The van der Waals surface area contributed by atoms with Gasteiger partial charge in [0, 0.05) is 45.2 Å². The second-order valence-electron chi connectivity index (χ2n) is 9.13. The van der Waals surface area contributed by atoms with Crippen LogP contribution in [-0.4, -0.2) is 109 Å². The standard InChI is InChI=1S/C23H33N5O10S2/c1-4-39-21(22(30)27(37-16(2)29)25-11-9-24-10-12-25)20-13-19(38-40(3,34)35)14-26(20)23(31)36-15-17-5-7-18(8-6-17)28(32)33/h5-8,19-21,24H,4,9-15H2,1-3H3/t19-,20-,21?/m0/s1. The van der Waals surface area contributed by atoms with Crippen molar-refractivity contribution >= 4 is 45.5 Å². The van der Waals surface area contributed by atoms with E-state index in [9.17, 15) is 32.9 Å². The number of amides is 2. The molecule has 2 amide bonds. The number of ether oxygens (including phenoxy) is 1. The minimum atomic E-state index is -3.87. The second-order valence-corrected chi connectivity index (χ2v) is 12.1. The highest BCUT2D eigenvalue weighted by Crippen LogP contribution is 2.32. The van der Waals surface area contributed by atoms with Crippen molar-refractivity contribution in [2.45, 2.75) is 44.3 Å². The summed E-state index contributed by atoms with van der Waals surface area (Å²) in [5, 5.41) is 15.6. The van der Waals surface area contributed by atoms with E-state index >= 15 is 0 Å². The largest absolute Gasteiger partial charge is 0.445 e. The molecule has 2 aliphatic heterocycles. The number of rotatable bonds is 10. The lowest BCUT2D eigenvalue weighted by Crippen LogP contribution is -2.59. The van der Waals surface area contributed by atoms with Gasteiger partial charge in [0.2, 0.25) is 0 Å². The Balaban J connectivity index is 1.85. The van der Waals surface area contributed by atoms with Crippen LogP contribution >= 0.6 is 11.8 Å². The average molecular weight is 604 g/mol. The molecule has 2 heterocycles. The molecule has 0 radical (unpaired) electrons. The van der Waals surface area contributed by atoms with Gasteiger partial charge in [0.15, 0.2) is 0 Å². The van der Waals surface area contributed by atoms with Crippen LogP contribution in [-0.2, 0) is 40.1 Å². The number of non-ortho nitro benzene ring substituents is 1. The van der Waals surface area contributed by atoms with Crippen LogP contribution in [0.3, 0.4) is 0 Å². The van der Waals surface area contributed by atoms with Gasteiger partial charge in [-0.2, -0.15) is 13.4 Å². The number of nitrogens with zero attached hydrogens (tertiary/aromatic N) is 4. The lowest BCUT2D eigenvalue weighted by molar-refractivity contribution is -0.384. The number of hydroxylamine groups is 1. The van der Waals surface area contributed by atoms with Crippen LogP contribution in [0, 0.1) is 10.1 Å². The maximum atomic E-state index is 13.9. The van der Waals surface area contributed by atoms with Gasteiger partial charge in [-0.25, -0.2) is 9.59 Å². The summed E-state index contributed by atoms with van der Waals surface area (Å²) in [6.45, 7) is 4.54. The molecule has 0 spiro atoms. The van der Waals surface area contributed by atoms with E-state index in [4.69, 9.17) is 13.8 Å². The molecule has 1 N–H and O–H groups in total. The van der Waals surface area contributed by atoms with Crippen LogP contribution in [0.25, 0.3) is 0 Å². The third-order valence-electron chi connectivity index (χ3n) is 6.05. The quantitative estimate of drug-likeness (QED) is 0.227. The van der Waals surface area contributed by atoms with Gasteiger partial charge < -0.3 is 19.8 Å². The average Bonchev–Trinajstić information content (AvgIpc) is 3.31. The van der Waals surface area contributed by atoms with Crippen molar-refractivity contribution in [3.63, 3.8) is 0 Å². The zero-order valence-electron chi connectivity index (χ0n) is 22.4. The molecule has 1 aromatic carbocycles. The highest BCUT2D eigenvalue weighted by molar-refractivity contribution is 8.00. The topological polar surface area (TPSA) is 178 Å². The molecule has 1 unspecified atom stereocenters. The number of nitro benzene ring substituents is 1. The molecule has 0 saturated carbocycles. The SMILES string of the molecule is CCSC(C(=O)N(OC(C)=O)N1CCNCC1)[C@@H]1C[C@H](OS(C)(=O)=O)CN1C(=O)OCc1ccc([N+](=O)[O-])cc1. The Hall–Kier alpha value is -2.99. The van der Waals surface area contributed by atoms with Crippen molar-refractivity contribution in [1.82, 2.24) is 20.4 Å². The highest BCUT2D eigenvalue weighted by atomic mass is 32.2. The minimum absolute atomic E-state index is 0.0125. The summed E-state index contributed by atoms with van der Waals surface area (Å²) in [6.07, 6.45) is -0.841. The van der Waals surface area contributed by atoms with Crippen LogP contribution < -0.4 is 5.32 Å². The Kier molecular flexibility index (Phi) is 11.1. The van der Waals surface area contributed by atoms with Gasteiger partial charge in [-0.3, -0.25) is 19.1 Å². The Morgan fingerprint density at radius 2 is 1.88 bits per heavy atom. The molecule has 0 bridgehead atoms. The monoisotopic (exact) mass is 603 g/mol. The van der Waals surface area contributed by atoms with Crippen LogP contribution in [0.15, 0.2) is 24.3 Å². The molecule has 0 aromatic heterocycles. The van der Waals surface area contributed by atoms with Gasteiger partial charge in [0.05, 0.1) is 29.9 Å². The molecule has 40 heavy (non-hydrogen) atoms. The second kappa shape index (κ2) is 14.1. The number of hydrogen-bond acceptors (Lipinski definition) is 13. The van der Waals surface area contributed by atoms with Crippen molar-refractivity contribution < 1.29 is 41.5 Å². The van der Waals surface area contributed by atoms with E-state index in [1.807, 2.05) is 6.92 Å². The Bertz CT molecular complexity index is 1180. The number of carbonyl (C=O) groups excluding carboxylic acids is 3. The Labute approximate surface area is 236 Å². The summed E-state index contributed by atoms with van der Waals surface area (Å²) >= 11 is 1.22. The van der Waals surface area contributed by atoms with Gasteiger partial charge in [-0.05, 0) is 29.9 Å². The number of carbonyl (C=O) groups is 3. The van der Waals surface area contributed by atoms with Crippen molar-refractivity contribution in [3.8, 4) is 0 Å². The normalized spacial score (nSPS) is 20.5. The number of piperazine rings is 1. The van der Waals surface area contributed by atoms with E-state index in [1.54, 1.807) is 5.01 Å². The summed E-state index contributed by atoms with van der Waals surface area (Å²) in [5.74, 6) is -0.815. The van der Waals surface area contributed by atoms with Gasteiger partial charge in [-0.1, -0.05) is 12.1 Å². The first-order valence-electron chi connectivity index (χ1n) is 12.5. The fourth-order valence-electron chi connectivity index (χ4n) is 4.42. The van der Waals surface area contributed by atoms with E-state index in [0.29, 0.717) is 37.5 Å². The maximum absolute atomic E-state index is 13.9. The lowest BCUT2D eigenvalue weighted by atomic mass is 10.1. The first kappa shape index (κ1) is 31.5. The van der Waals surface area contributed by atoms with Crippen molar-refractivity contribution in [3.05, 3.63) is 39.9 Å². The number of benzene rings is 1. The fourth-order valence-corrected chi connectivity index (χ4v) is 6.12. The molecule has 2 fully saturated rings. The molecule has 0 aliphatic carbocycles. The summed E-state index contributed by atoms with van der Waals surface area (Å²) in [5.41, 5.74) is 0.379. The van der Waals surface area contributed by atoms with Crippen LogP contribution in [0.4, 0.5) is 10.5 Å². The van der Waals surface area contributed by atoms with Crippen LogP contribution in [0.5, 0.6) is 0 Å². The van der Waals surface area contributed by atoms with Crippen molar-refractivity contribution in [2.24, 2.45) is 0 Å². The van der Waals surface area contributed by atoms with Gasteiger partial charge >= 0.3 is 12.1 Å². The number of nitrogens with one attached hydrogen (secondary N) is 1. The van der Waals surface area contributed by atoms with Gasteiger partial charge in [-0.15, -0.1) is 11.8 Å². The van der Waals surface area contributed by atoms with Crippen LogP contribution in [0.2, 0.25) is 0 Å². The summed E-state index contributed by atoms with van der Waals surface area (Å²) in [7, 11) is -3.87. The number of thioether (sulfide) groups is 1. The predicted octanol–water partition coefficient (Wildman–Crippen LogP) is 0.899. The molecule has 3 atom stereocenters. The third kappa shape index (κ3) is 8.76. The Morgan fingerprint density at radius 1 is 1.23 bits per heavy atom. The number of hydrogen-bond donors (Lipinski definition) is 1. The van der Waals surface area contributed by atoms with Crippen molar-refractivity contribution in [2.75, 3.05) is 44.7 Å². The maximum Gasteiger partial charge on any atom is 0.410 e. The molecule has 15 nitrogen and oxygen atoms in total. The van der Waals surface area contributed by atoms with E-state index in [1.165, 1.54) is 47.9 Å². The minimum Gasteiger partial charge on any atom is -0.445 e. The summed E-state index contributed by atoms with van der Waals surface area (Å²) in [4.78, 5) is 55.9. The Morgan fingerprint density at radius 3 is 2.42 bits per heavy atom. The molecule has 2 aliphatic rings. The smallest absolute Gasteiger partial charge is 0.410 e. The van der Waals surface area contributed by atoms with Crippen LogP contribution in [0.1, 0.15) is 25.8 Å². The third-order valence-corrected chi connectivity index (χ3v) is 7.88. The highest BCUT2D eigenvalue weighted by Gasteiger charge is 2.47. The molecule has 1 aromatic rings. The predicted molar refractivity (Wildman–Crippen MR) is 143 cm³/mol. The molecule has 17 heteroatoms.